The molecule has 162 valence electrons. The molecule has 1 heterocycles. The van der Waals surface area contributed by atoms with Crippen molar-refractivity contribution in [1.29, 1.82) is 0 Å². The van der Waals surface area contributed by atoms with E-state index >= 15 is 0 Å². The number of carbonyl (C=O) groups excluding carboxylic acids is 1. The maximum Gasteiger partial charge on any atom is 0.223 e. The van der Waals surface area contributed by atoms with Crippen LogP contribution < -0.4 is 5.32 Å². The molecule has 31 heavy (non-hydrogen) atoms. The maximum absolute atomic E-state index is 12.0. The van der Waals surface area contributed by atoms with Gasteiger partial charge in [0.2, 0.25) is 5.91 Å². The monoisotopic (exact) mass is 416 g/mol. The molecule has 0 saturated heterocycles. The number of aromatic nitrogens is 2. The van der Waals surface area contributed by atoms with E-state index in [4.69, 9.17) is 0 Å². The van der Waals surface area contributed by atoms with Crippen LogP contribution >= 0.6 is 0 Å². The van der Waals surface area contributed by atoms with Crippen molar-refractivity contribution >= 4 is 12.0 Å². The third-order valence-electron chi connectivity index (χ3n) is 5.22. The van der Waals surface area contributed by atoms with Gasteiger partial charge in [-0.25, -0.2) is 4.98 Å². The van der Waals surface area contributed by atoms with Gasteiger partial charge < -0.3 is 14.8 Å². The third-order valence-corrected chi connectivity index (χ3v) is 5.22. The topological polar surface area (TPSA) is 50.2 Å². The first-order valence-corrected chi connectivity index (χ1v) is 10.9. The van der Waals surface area contributed by atoms with E-state index in [1.807, 2.05) is 47.2 Å². The highest BCUT2D eigenvalue weighted by molar-refractivity contribution is 5.78. The molecule has 0 spiro atoms. The molecule has 0 aliphatic heterocycles. The minimum absolute atomic E-state index is 0.0729. The van der Waals surface area contributed by atoms with Gasteiger partial charge in [0, 0.05) is 37.6 Å². The molecule has 0 aliphatic rings. The zero-order chi connectivity index (χ0) is 21.7. The molecule has 0 aliphatic carbocycles. The van der Waals surface area contributed by atoms with Crippen LogP contribution in [-0.2, 0) is 11.2 Å². The highest BCUT2D eigenvalue weighted by Gasteiger charge is 2.01. The van der Waals surface area contributed by atoms with Crippen molar-refractivity contribution in [3.63, 3.8) is 0 Å². The smallest absolute Gasteiger partial charge is 0.223 e. The molecular formula is C26H32N4O. The second-order valence-corrected chi connectivity index (χ2v) is 7.76. The predicted octanol–water partition coefficient (Wildman–Crippen LogP) is 4.35. The second kappa shape index (κ2) is 12.5. The quantitative estimate of drug-likeness (QED) is 0.447. The number of nitrogens with zero attached hydrogens (tertiary/aromatic N) is 3. The lowest BCUT2D eigenvalue weighted by Gasteiger charge is -2.16. The summed E-state index contributed by atoms with van der Waals surface area (Å²) in [6.07, 6.45) is 12.9. The van der Waals surface area contributed by atoms with Gasteiger partial charge in [0.25, 0.3) is 0 Å². The summed E-state index contributed by atoms with van der Waals surface area (Å²) < 4.78 is 1.96. The Kier molecular flexibility index (Phi) is 9.07. The van der Waals surface area contributed by atoms with Gasteiger partial charge >= 0.3 is 0 Å². The summed E-state index contributed by atoms with van der Waals surface area (Å²) in [4.78, 5) is 18.4. The predicted molar refractivity (Wildman–Crippen MR) is 127 cm³/mol. The fourth-order valence-corrected chi connectivity index (χ4v) is 3.35. The second-order valence-electron chi connectivity index (χ2n) is 7.76. The van der Waals surface area contributed by atoms with Crippen LogP contribution in [0, 0.1) is 0 Å². The van der Waals surface area contributed by atoms with Gasteiger partial charge in [-0.15, -0.1) is 0 Å². The Hall–Kier alpha value is -3.18. The Morgan fingerprint density at radius 3 is 2.61 bits per heavy atom. The lowest BCUT2D eigenvalue weighted by atomic mass is 10.1. The number of benzene rings is 2. The van der Waals surface area contributed by atoms with E-state index in [-0.39, 0.29) is 5.91 Å². The fourth-order valence-electron chi connectivity index (χ4n) is 3.35. The molecule has 5 nitrogen and oxygen atoms in total. The van der Waals surface area contributed by atoms with Crippen molar-refractivity contribution in [3.05, 3.63) is 90.5 Å². The zero-order valence-electron chi connectivity index (χ0n) is 18.3. The van der Waals surface area contributed by atoms with E-state index in [0.717, 1.165) is 50.1 Å². The van der Waals surface area contributed by atoms with Gasteiger partial charge in [-0.2, -0.15) is 0 Å². The summed E-state index contributed by atoms with van der Waals surface area (Å²) in [5.41, 5.74) is 3.53. The van der Waals surface area contributed by atoms with Gasteiger partial charge in [-0.1, -0.05) is 54.6 Å². The van der Waals surface area contributed by atoms with Crippen LogP contribution in [0.2, 0.25) is 0 Å². The molecule has 1 aromatic heterocycles. The minimum Gasteiger partial charge on any atom is -0.356 e. The zero-order valence-corrected chi connectivity index (χ0v) is 18.3. The fraction of sp³-hybridized carbons (Fsp3) is 0.308. The molecule has 1 amide bonds. The number of amides is 1. The summed E-state index contributed by atoms with van der Waals surface area (Å²) in [6, 6.07) is 18.7. The average Bonchev–Trinajstić information content (AvgIpc) is 3.34. The Labute approximate surface area is 185 Å². The largest absolute Gasteiger partial charge is 0.356 e. The Bertz CT molecular complexity index is 918. The summed E-state index contributed by atoms with van der Waals surface area (Å²) in [7, 11) is 2.16. The van der Waals surface area contributed by atoms with Crippen LogP contribution in [0.15, 0.2) is 79.4 Å². The van der Waals surface area contributed by atoms with Crippen LogP contribution in [0.25, 0.3) is 11.8 Å². The number of rotatable bonds is 12. The normalized spacial score (nSPS) is 11.3. The van der Waals surface area contributed by atoms with E-state index in [2.05, 4.69) is 52.6 Å². The van der Waals surface area contributed by atoms with Crippen molar-refractivity contribution in [2.24, 2.45) is 0 Å². The van der Waals surface area contributed by atoms with Gasteiger partial charge in [-0.05, 0) is 56.1 Å². The third kappa shape index (κ3) is 8.22. The van der Waals surface area contributed by atoms with Crippen LogP contribution in [0.1, 0.15) is 30.4 Å². The summed E-state index contributed by atoms with van der Waals surface area (Å²) in [6.45, 7) is 2.85. The first kappa shape index (κ1) is 22.5. The molecule has 3 aromatic rings. The molecule has 0 saturated carbocycles. The van der Waals surface area contributed by atoms with Gasteiger partial charge in [-0.3, -0.25) is 4.79 Å². The SMILES string of the molecule is CN(CCCCNC(=O)C/C=C/c1ccc(-n2ccnc2)cc1)CCc1ccccc1. The standard InChI is InChI=1S/C26H32N4O/c1-29(20-16-23-8-3-2-4-9-23)19-6-5-17-28-26(31)11-7-10-24-12-14-25(15-13-24)30-21-18-27-22-30/h2-4,7-10,12-15,18,21-22H,5-6,11,16-17,19-20H2,1H3,(H,28,31)/b10-7+. The number of likely N-dealkylation sites (N-methyl/N-ethyl adjacent to an activating group) is 1. The molecule has 0 atom stereocenters. The average molecular weight is 417 g/mol. The number of hydrogen-bond acceptors (Lipinski definition) is 3. The lowest BCUT2D eigenvalue weighted by molar-refractivity contribution is -0.120. The number of hydrogen-bond donors (Lipinski definition) is 1. The number of carbonyl (C=O) groups is 1. The molecule has 0 unspecified atom stereocenters. The summed E-state index contributed by atoms with van der Waals surface area (Å²) in [5, 5.41) is 3.01. The Morgan fingerprint density at radius 1 is 1.06 bits per heavy atom. The molecule has 0 fully saturated rings. The number of nitrogens with one attached hydrogen (secondary N) is 1. The van der Waals surface area contributed by atoms with Crippen LogP contribution in [0.4, 0.5) is 0 Å². The molecule has 0 radical (unpaired) electrons. The number of imidazole rings is 1. The molecule has 5 heteroatoms. The van der Waals surface area contributed by atoms with E-state index in [1.165, 1.54) is 5.56 Å². The van der Waals surface area contributed by atoms with Crippen LogP contribution in [0.5, 0.6) is 0 Å². The Balaban J connectivity index is 1.25. The van der Waals surface area contributed by atoms with Gasteiger partial charge in [0.05, 0.1) is 6.33 Å². The van der Waals surface area contributed by atoms with Crippen molar-refractivity contribution in [2.45, 2.75) is 25.7 Å². The minimum atomic E-state index is 0.0729. The van der Waals surface area contributed by atoms with Crippen LogP contribution in [-0.4, -0.2) is 47.0 Å². The van der Waals surface area contributed by atoms with E-state index in [1.54, 1.807) is 12.5 Å². The molecule has 3 rings (SSSR count). The lowest BCUT2D eigenvalue weighted by Crippen LogP contribution is -2.26. The molecule has 0 bridgehead atoms. The van der Waals surface area contributed by atoms with Gasteiger partial charge in [0.1, 0.15) is 0 Å². The first-order chi connectivity index (χ1) is 15.2. The summed E-state index contributed by atoms with van der Waals surface area (Å²) >= 11 is 0. The van der Waals surface area contributed by atoms with Crippen molar-refractivity contribution < 1.29 is 4.79 Å². The van der Waals surface area contributed by atoms with Crippen LogP contribution in [0.3, 0.4) is 0 Å². The molecule has 1 N–H and O–H groups in total. The van der Waals surface area contributed by atoms with Crippen molar-refractivity contribution in [1.82, 2.24) is 19.8 Å². The summed E-state index contributed by atoms with van der Waals surface area (Å²) in [5.74, 6) is 0.0729. The highest BCUT2D eigenvalue weighted by Crippen LogP contribution is 2.10. The van der Waals surface area contributed by atoms with Crippen molar-refractivity contribution in [3.8, 4) is 5.69 Å². The number of unbranched alkanes of at least 4 members (excludes halogenated alkanes) is 1. The maximum atomic E-state index is 12.0. The van der Waals surface area contributed by atoms with Gasteiger partial charge in [0.15, 0.2) is 0 Å². The van der Waals surface area contributed by atoms with Crippen molar-refractivity contribution in [2.75, 3.05) is 26.7 Å². The van der Waals surface area contributed by atoms with E-state index in [9.17, 15) is 4.79 Å². The van der Waals surface area contributed by atoms with E-state index in [0.29, 0.717) is 6.42 Å². The Morgan fingerprint density at radius 2 is 1.87 bits per heavy atom. The van der Waals surface area contributed by atoms with E-state index < -0.39 is 0 Å². The first-order valence-electron chi connectivity index (χ1n) is 10.9. The highest BCUT2D eigenvalue weighted by atomic mass is 16.1. The molecule has 2 aromatic carbocycles. The molecular weight excluding hydrogens is 384 g/mol.